The number of nitrogens with one attached hydrogen (secondary N) is 3. The molecule has 13 heteroatoms. The van der Waals surface area contributed by atoms with E-state index >= 15 is 0 Å². The van der Waals surface area contributed by atoms with Crippen LogP contribution in [0.15, 0.2) is 81.5 Å². The van der Waals surface area contributed by atoms with Gasteiger partial charge < -0.3 is 34.7 Å². The summed E-state index contributed by atoms with van der Waals surface area (Å²) >= 11 is 5.73. The van der Waals surface area contributed by atoms with Gasteiger partial charge in [-0.2, -0.15) is 5.10 Å². The van der Waals surface area contributed by atoms with Crippen LogP contribution in [-0.4, -0.2) is 49.9 Å². The SMILES string of the molecule is CCOc1cc([C@H]2NC(=O)NC(C)=C2C(=O)OC)ccc1OC[C@@H](O)N/N=C\c1cc(Br)ccc1OCc1ccc(I)cc1. The van der Waals surface area contributed by atoms with Gasteiger partial charge in [0.2, 0.25) is 0 Å². The lowest BCUT2D eigenvalue weighted by molar-refractivity contribution is -0.136. The summed E-state index contributed by atoms with van der Waals surface area (Å²) in [5.41, 5.74) is 5.66. The molecule has 2 amide bonds. The van der Waals surface area contributed by atoms with Crippen LogP contribution in [0.5, 0.6) is 17.2 Å². The van der Waals surface area contributed by atoms with Crippen molar-refractivity contribution in [2.45, 2.75) is 32.7 Å². The zero-order chi connectivity index (χ0) is 31.6. The Morgan fingerprint density at radius 1 is 1.09 bits per heavy atom. The zero-order valence-electron chi connectivity index (χ0n) is 24.2. The summed E-state index contributed by atoms with van der Waals surface area (Å²) in [5.74, 6) is 0.800. The maximum Gasteiger partial charge on any atom is 0.337 e. The van der Waals surface area contributed by atoms with E-state index in [9.17, 15) is 14.7 Å². The summed E-state index contributed by atoms with van der Waals surface area (Å²) in [6.45, 7) is 4.03. The van der Waals surface area contributed by atoms with Gasteiger partial charge in [-0.05, 0) is 90.0 Å². The monoisotopic (exact) mass is 778 g/mol. The second kappa shape index (κ2) is 15.8. The average molecular weight is 779 g/mol. The number of esters is 1. The van der Waals surface area contributed by atoms with Crippen molar-refractivity contribution < 1.29 is 33.6 Å². The van der Waals surface area contributed by atoms with Gasteiger partial charge in [0, 0.05) is 19.3 Å². The van der Waals surface area contributed by atoms with Crippen molar-refractivity contribution in [2.75, 3.05) is 20.3 Å². The first-order chi connectivity index (χ1) is 21.2. The number of hydrogen-bond donors (Lipinski definition) is 4. The van der Waals surface area contributed by atoms with E-state index in [4.69, 9.17) is 18.9 Å². The van der Waals surface area contributed by atoms with Gasteiger partial charge >= 0.3 is 12.0 Å². The van der Waals surface area contributed by atoms with Crippen LogP contribution in [0.25, 0.3) is 0 Å². The first-order valence-electron chi connectivity index (χ1n) is 13.6. The van der Waals surface area contributed by atoms with Crippen LogP contribution in [0.1, 0.15) is 36.6 Å². The minimum atomic E-state index is -1.15. The first kappa shape index (κ1) is 33.1. The molecule has 0 unspecified atom stereocenters. The molecule has 0 saturated carbocycles. The van der Waals surface area contributed by atoms with E-state index in [1.54, 1.807) is 31.3 Å². The molecule has 0 saturated heterocycles. The standard InChI is InChI=1S/C31H32BrIN4O7/c1-4-42-26-14-20(29-28(30(39)41-3)18(2)35-31(40)36-29)7-11-25(26)44-17-27(38)37-34-15-21-13-22(32)8-12-24(21)43-16-19-5-9-23(33)10-6-19/h5-15,27,29,37-38H,4,16-17H2,1-3H3,(H2,35,36,40)/b34-15-/t27-,29-/m1/s1. The second-order valence-corrected chi connectivity index (χ2v) is 11.7. The fraction of sp³-hybridized carbons (Fsp3) is 0.258. The molecule has 11 nitrogen and oxygen atoms in total. The van der Waals surface area contributed by atoms with E-state index in [-0.39, 0.29) is 12.2 Å². The number of carbonyl (C=O) groups is 2. The molecule has 4 N–H and O–H groups in total. The van der Waals surface area contributed by atoms with E-state index < -0.39 is 24.3 Å². The molecular formula is C31H32BrIN4O7. The lowest BCUT2D eigenvalue weighted by atomic mass is 9.95. The van der Waals surface area contributed by atoms with Gasteiger partial charge in [-0.15, -0.1) is 0 Å². The van der Waals surface area contributed by atoms with Crippen LogP contribution in [0.3, 0.4) is 0 Å². The third-order valence-electron chi connectivity index (χ3n) is 6.38. The van der Waals surface area contributed by atoms with Crippen molar-refractivity contribution in [1.29, 1.82) is 0 Å². The number of amides is 2. The van der Waals surface area contributed by atoms with Crippen LogP contribution in [0.4, 0.5) is 4.79 Å². The van der Waals surface area contributed by atoms with Gasteiger partial charge in [-0.3, -0.25) is 5.43 Å². The molecule has 0 fully saturated rings. The maximum absolute atomic E-state index is 12.5. The number of benzene rings is 3. The molecule has 232 valence electrons. The van der Waals surface area contributed by atoms with Crippen molar-refractivity contribution in [3.8, 4) is 17.2 Å². The number of allylic oxidation sites excluding steroid dienone is 1. The number of ether oxygens (including phenoxy) is 4. The van der Waals surface area contributed by atoms with Crippen LogP contribution >= 0.6 is 38.5 Å². The van der Waals surface area contributed by atoms with Gasteiger partial charge in [0.25, 0.3) is 0 Å². The number of carbonyl (C=O) groups excluding carboxylic acids is 2. The van der Waals surface area contributed by atoms with Crippen molar-refractivity contribution in [3.63, 3.8) is 0 Å². The molecule has 2 atom stereocenters. The maximum atomic E-state index is 12.5. The molecule has 3 aromatic carbocycles. The number of aliphatic hydroxyl groups excluding tert-OH is 1. The quantitative estimate of drug-likeness (QED) is 0.0615. The summed E-state index contributed by atoms with van der Waals surface area (Å²) in [4.78, 5) is 24.6. The minimum Gasteiger partial charge on any atom is -0.490 e. The highest BCUT2D eigenvalue weighted by molar-refractivity contribution is 14.1. The van der Waals surface area contributed by atoms with Crippen molar-refractivity contribution >= 4 is 56.7 Å². The Morgan fingerprint density at radius 2 is 1.84 bits per heavy atom. The van der Waals surface area contributed by atoms with Gasteiger partial charge in [0.15, 0.2) is 17.7 Å². The Bertz CT molecular complexity index is 1550. The third kappa shape index (κ3) is 8.86. The smallest absolute Gasteiger partial charge is 0.337 e. The summed E-state index contributed by atoms with van der Waals surface area (Å²) in [6.07, 6.45) is 0.406. The van der Waals surface area contributed by atoms with E-state index in [0.717, 1.165) is 13.6 Å². The largest absolute Gasteiger partial charge is 0.490 e. The fourth-order valence-corrected chi connectivity index (χ4v) is 5.05. The molecule has 0 bridgehead atoms. The van der Waals surface area contributed by atoms with Crippen LogP contribution in [0, 0.1) is 3.57 Å². The molecule has 3 aromatic rings. The number of aliphatic hydroxyl groups is 1. The number of hydrogen-bond acceptors (Lipinski definition) is 9. The molecular weight excluding hydrogens is 747 g/mol. The molecule has 1 heterocycles. The number of nitrogens with zero attached hydrogens (tertiary/aromatic N) is 1. The van der Waals surface area contributed by atoms with Crippen molar-refractivity contribution in [1.82, 2.24) is 16.1 Å². The zero-order valence-corrected chi connectivity index (χ0v) is 28.0. The number of halogens is 2. The Hall–Kier alpha value is -3.82. The van der Waals surface area contributed by atoms with Crippen LogP contribution in [-0.2, 0) is 16.1 Å². The van der Waals surface area contributed by atoms with Gasteiger partial charge in [-0.25, -0.2) is 9.59 Å². The predicted octanol–water partition coefficient (Wildman–Crippen LogP) is 5.15. The summed E-state index contributed by atoms with van der Waals surface area (Å²) in [7, 11) is 1.28. The number of urea groups is 1. The van der Waals surface area contributed by atoms with Gasteiger partial charge in [0.1, 0.15) is 19.0 Å². The first-order valence-corrected chi connectivity index (χ1v) is 15.4. The Morgan fingerprint density at radius 3 is 2.57 bits per heavy atom. The van der Waals surface area contributed by atoms with Gasteiger partial charge in [0.05, 0.1) is 31.5 Å². The summed E-state index contributed by atoms with van der Waals surface area (Å²) in [6, 6.07) is 17.5. The highest BCUT2D eigenvalue weighted by Crippen LogP contribution is 2.35. The Labute approximate surface area is 277 Å². The molecule has 0 spiro atoms. The van der Waals surface area contributed by atoms with Crippen molar-refractivity contribution in [3.05, 3.63) is 96.7 Å². The molecule has 44 heavy (non-hydrogen) atoms. The molecule has 0 radical (unpaired) electrons. The lowest BCUT2D eigenvalue weighted by Crippen LogP contribution is -2.45. The summed E-state index contributed by atoms with van der Waals surface area (Å²) in [5, 5.41) is 20.0. The predicted molar refractivity (Wildman–Crippen MR) is 177 cm³/mol. The van der Waals surface area contributed by atoms with E-state index in [1.807, 2.05) is 49.4 Å². The van der Waals surface area contributed by atoms with E-state index in [1.165, 1.54) is 7.11 Å². The number of methoxy groups -OCH3 is 1. The second-order valence-electron chi connectivity index (χ2n) is 9.51. The number of hydrazone groups is 1. The fourth-order valence-electron chi connectivity index (χ4n) is 4.31. The normalized spacial score (nSPS) is 15.3. The minimum absolute atomic E-state index is 0.151. The van der Waals surface area contributed by atoms with Crippen LogP contribution < -0.4 is 30.3 Å². The highest BCUT2D eigenvalue weighted by atomic mass is 127. The highest BCUT2D eigenvalue weighted by Gasteiger charge is 2.32. The van der Waals surface area contributed by atoms with E-state index in [0.29, 0.717) is 47.3 Å². The van der Waals surface area contributed by atoms with Crippen molar-refractivity contribution in [2.24, 2.45) is 5.10 Å². The number of rotatable bonds is 13. The molecule has 0 aliphatic carbocycles. The Kier molecular flexibility index (Phi) is 11.9. The third-order valence-corrected chi connectivity index (χ3v) is 7.59. The van der Waals surface area contributed by atoms with Gasteiger partial charge in [-0.1, -0.05) is 34.1 Å². The molecule has 4 rings (SSSR count). The average Bonchev–Trinajstić information content (AvgIpc) is 3.00. The van der Waals surface area contributed by atoms with Crippen LogP contribution in [0.2, 0.25) is 0 Å². The Balaban J connectivity index is 1.40. The topological polar surface area (TPSA) is 140 Å². The molecule has 1 aliphatic heterocycles. The molecule has 1 aliphatic rings. The molecule has 0 aromatic heterocycles. The lowest BCUT2D eigenvalue weighted by Gasteiger charge is -2.28. The van der Waals surface area contributed by atoms with E-state index in [2.05, 4.69) is 59.7 Å². The summed E-state index contributed by atoms with van der Waals surface area (Å²) < 4.78 is 24.5.